The number of carboxylic acid groups (broad SMARTS) is 1. The first-order valence-electron chi connectivity index (χ1n) is 7.60. The fourth-order valence-electron chi connectivity index (χ4n) is 2.49. The van der Waals surface area contributed by atoms with Gasteiger partial charge in [-0.05, 0) is 42.2 Å². The number of hydrogen-bond acceptors (Lipinski definition) is 4. The minimum absolute atomic E-state index is 0.0655. The van der Waals surface area contributed by atoms with Crippen LogP contribution in [0.1, 0.15) is 39.8 Å². The van der Waals surface area contributed by atoms with Crippen molar-refractivity contribution < 1.29 is 9.90 Å². The molecule has 3 rings (SSSR count). The van der Waals surface area contributed by atoms with Crippen LogP contribution in [0.2, 0.25) is 0 Å². The lowest BCUT2D eigenvalue weighted by molar-refractivity contribution is 0.0696. The van der Waals surface area contributed by atoms with Crippen LogP contribution < -0.4 is 5.56 Å². The number of rotatable bonds is 5. The Labute approximate surface area is 142 Å². The Morgan fingerprint density at radius 3 is 2.83 bits per heavy atom. The van der Waals surface area contributed by atoms with Crippen molar-refractivity contribution in [2.24, 2.45) is 0 Å². The Hall–Kier alpha value is -2.73. The van der Waals surface area contributed by atoms with Crippen molar-refractivity contribution in [2.45, 2.75) is 19.8 Å². The standard InChI is InChI=1S/C18H16N2O3S/c1-2-4-14-15(8-7-13-5-3-10-24-13)19-16-9-6-12(18(22)23)11-20(16)17(14)21/h3,5-11H,2,4H2,1H3,(H,22,23)/b8-7+. The topological polar surface area (TPSA) is 71.7 Å². The van der Waals surface area contributed by atoms with Gasteiger partial charge in [0.05, 0.1) is 11.3 Å². The van der Waals surface area contributed by atoms with Gasteiger partial charge in [-0.2, -0.15) is 0 Å². The van der Waals surface area contributed by atoms with Crippen molar-refractivity contribution >= 4 is 35.1 Å². The summed E-state index contributed by atoms with van der Waals surface area (Å²) < 4.78 is 1.32. The first-order chi connectivity index (χ1) is 11.6. The van der Waals surface area contributed by atoms with E-state index in [4.69, 9.17) is 5.11 Å². The number of thiophene rings is 1. The molecule has 122 valence electrons. The molecule has 1 N–H and O–H groups in total. The third-order valence-electron chi connectivity index (χ3n) is 3.64. The lowest BCUT2D eigenvalue weighted by atomic mass is 10.1. The van der Waals surface area contributed by atoms with Crippen LogP contribution in [0.25, 0.3) is 17.8 Å². The fourth-order valence-corrected chi connectivity index (χ4v) is 3.11. The van der Waals surface area contributed by atoms with E-state index < -0.39 is 5.97 Å². The summed E-state index contributed by atoms with van der Waals surface area (Å²) in [6, 6.07) is 6.97. The van der Waals surface area contributed by atoms with E-state index in [9.17, 15) is 9.59 Å². The van der Waals surface area contributed by atoms with E-state index in [0.29, 0.717) is 23.3 Å². The van der Waals surface area contributed by atoms with Gasteiger partial charge in [-0.1, -0.05) is 19.4 Å². The minimum atomic E-state index is -1.07. The molecule has 3 aromatic rings. The number of carbonyl (C=O) groups is 1. The second kappa shape index (κ2) is 6.80. The minimum Gasteiger partial charge on any atom is -0.478 e. The van der Waals surface area contributed by atoms with Crippen molar-refractivity contribution in [3.8, 4) is 0 Å². The molecule has 6 heteroatoms. The molecule has 0 fully saturated rings. The van der Waals surface area contributed by atoms with Crippen LogP contribution in [0.3, 0.4) is 0 Å². The maximum atomic E-state index is 12.8. The van der Waals surface area contributed by atoms with Gasteiger partial charge in [0.15, 0.2) is 0 Å². The maximum absolute atomic E-state index is 12.8. The van der Waals surface area contributed by atoms with Gasteiger partial charge in [-0.25, -0.2) is 9.78 Å². The summed E-state index contributed by atoms with van der Waals surface area (Å²) in [6.45, 7) is 1.99. The van der Waals surface area contributed by atoms with Gasteiger partial charge in [0.1, 0.15) is 5.65 Å². The molecule has 0 amide bonds. The Morgan fingerprint density at radius 1 is 1.33 bits per heavy atom. The molecule has 5 nitrogen and oxygen atoms in total. The van der Waals surface area contributed by atoms with Gasteiger partial charge < -0.3 is 5.11 Å². The smallest absolute Gasteiger partial charge is 0.337 e. The summed E-state index contributed by atoms with van der Waals surface area (Å²) in [5, 5.41) is 11.1. The monoisotopic (exact) mass is 340 g/mol. The first-order valence-corrected chi connectivity index (χ1v) is 8.48. The maximum Gasteiger partial charge on any atom is 0.337 e. The van der Waals surface area contributed by atoms with Crippen LogP contribution >= 0.6 is 11.3 Å². The average molecular weight is 340 g/mol. The Bertz CT molecular complexity index is 972. The molecule has 3 aromatic heterocycles. The number of nitrogens with zero attached hydrogens (tertiary/aromatic N) is 2. The van der Waals surface area contributed by atoms with Gasteiger partial charge in [0.25, 0.3) is 5.56 Å². The van der Waals surface area contributed by atoms with Gasteiger partial charge in [-0.3, -0.25) is 9.20 Å². The number of pyridine rings is 1. The van der Waals surface area contributed by atoms with Crippen molar-refractivity contribution in [2.75, 3.05) is 0 Å². The van der Waals surface area contributed by atoms with Gasteiger partial charge >= 0.3 is 5.97 Å². The molecule has 0 spiro atoms. The van der Waals surface area contributed by atoms with E-state index in [1.807, 2.05) is 36.6 Å². The van der Waals surface area contributed by atoms with E-state index in [1.165, 1.54) is 16.7 Å². The zero-order valence-corrected chi connectivity index (χ0v) is 13.9. The van der Waals surface area contributed by atoms with E-state index >= 15 is 0 Å². The van der Waals surface area contributed by atoms with Crippen LogP contribution in [0.5, 0.6) is 0 Å². The second-order valence-electron chi connectivity index (χ2n) is 5.33. The molecule has 0 bridgehead atoms. The lowest BCUT2D eigenvalue weighted by Crippen LogP contribution is -2.22. The van der Waals surface area contributed by atoms with E-state index in [-0.39, 0.29) is 11.1 Å². The highest BCUT2D eigenvalue weighted by Gasteiger charge is 2.12. The predicted octanol–water partition coefficient (Wildman–Crippen LogP) is 3.58. The summed E-state index contributed by atoms with van der Waals surface area (Å²) in [6.07, 6.45) is 6.52. The van der Waals surface area contributed by atoms with Crippen LogP contribution in [0.4, 0.5) is 0 Å². The molecule has 0 aromatic carbocycles. The van der Waals surface area contributed by atoms with Crippen LogP contribution in [0.15, 0.2) is 40.6 Å². The van der Waals surface area contributed by atoms with Gasteiger partial charge in [0, 0.05) is 16.6 Å². The molecule has 0 unspecified atom stereocenters. The molecular formula is C18H16N2O3S. The molecule has 0 aliphatic rings. The van der Waals surface area contributed by atoms with Crippen LogP contribution in [-0.4, -0.2) is 20.5 Å². The highest BCUT2D eigenvalue weighted by Crippen LogP contribution is 2.15. The number of fused-ring (bicyclic) bond motifs is 1. The summed E-state index contributed by atoms with van der Waals surface area (Å²) >= 11 is 1.61. The summed E-state index contributed by atoms with van der Waals surface area (Å²) in [4.78, 5) is 29.5. The van der Waals surface area contributed by atoms with Crippen LogP contribution in [0, 0.1) is 0 Å². The van der Waals surface area contributed by atoms with E-state index in [2.05, 4.69) is 4.98 Å². The number of hydrogen-bond donors (Lipinski definition) is 1. The Balaban J connectivity index is 2.18. The molecule has 0 aliphatic carbocycles. The highest BCUT2D eigenvalue weighted by molar-refractivity contribution is 7.10. The van der Waals surface area contributed by atoms with Gasteiger partial charge in [-0.15, -0.1) is 11.3 Å². The number of aromatic carboxylic acids is 1. The van der Waals surface area contributed by atoms with E-state index in [0.717, 1.165) is 11.3 Å². The molecule has 0 atom stereocenters. The van der Waals surface area contributed by atoms with Crippen molar-refractivity contribution in [3.05, 3.63) is 67.9 Å². The number of aromatic nitrogens is 2. The quantitative estimate of drug-likeness (QED) is 0.770. The molecule has 0 saturated carbocycles. The summed E-state index contributed by atoms with van der Waals surface area (Å²) in [5.74, 6) is -1.07. The Kier molecular flexibility index (Phi) is 4.57. The Morgan fingerprint density at radius 2 is 2.17 bits per heavy atom. The summed E-state index contributed by atoms with van der Waals surface area (Å²) in [5.41, 5.74) is 1.53. The molecular weight excluding hydrogens is 324 g/mol. The molecule has 0 saturated heterocycles. The normalized spacial score (nSPS) is 11.4. The average Bonchev–Trinajstić information content (AvgIpc) is 3.09. The third-order valence-corrected chi connectivity index (χ3v) is 4.48. The van der Waals surface area contributed by atoms with Crippen molar-refractivity contribution in [1.29, 1.82) is 0 Å². The van der Waals surface area contributed by atoms with Crippen molar-refractivity contribution in [3.63, 3.8) is 0 Å². The van der Waals surface area contributed by atoms with Crippen molar-refractivity contribution in [1.82, 2.24) is 9.38 Å². The SMILES string of the molecule is CCCc1c(/C=C/c2cccs2)nc2ccc(C(=O)O)cn2c1=O. The zero-order chi connectivity index (χ0) is 17.1. The van der Waals surface area contributed by atoms with E-state index in [1.54, 1.807) is 17.4 Å². The first kappa shape index (κ1) is 16.1. The van der Waals surface area contributed by atoms with Gasteiger partial charge in [0.2, 0.25) is 0 Å². The molecule has 0 radical (unpaired) electrons. The van der Waals surface area contributed by atoms with Crippen LogP contribution in [-0.2, 0) is 6.42 Å². The second-order valence-corrected chi connectivity index (χ2v) is 6.31. The molecule has 24 heavy (non-hydrogen) atoms. The molecule has 0 aliphatic heterocycles. The lowest BCUT2D eigenvalue weighted by Gasteiger charge is -2.08. The summed E-state index contributed by atoms with van der Waals surface area (Å²) in [7, 11) is 0. The highest BCUT2D eigenvalue weighted by atomic mass is 32.1. The largest absolute Gasteiger partial charge is 0.478 e. The fraction of sp³-hybridized carbons (Fsp3) is 0.167. The molecule has 3 heterocycles. The third kappa shape index (κ3) is 3.14. The predicted molar refractivity (Wildman–Crippen MR) is 95.7 cm³/mol. The zero-order valence-electron chi connectivity index (χ0n) is 13.1. The number of carboxylic acids is 1.